The van der Waals surface area contributed by atoms with E-state index in [9.17, 15) is 4.79 Å². The van der Waals surface area contributed by atoms with Crippen molar-refractivity contribution >= 4 is 29.0 Å². The fourth-order valence-electron chi connectivity index (χ4n) is 2.16. The summed E-state index contributed by atoms with van der Waals surface area (Å²) in [5.41, 5.74) is 0. The van der Waals surface area contributed by atoms with Crippen LogP contribution in [0, 0.1) is 12.8 Å². The van der Waals surface area contributed by atoms with E-state index in [2.05, 4.69) is 15.5 Å². The third-order valence-corrected chi connectivity index (χ3v) is 5.12. The van der Waals surface area contributed by atoms with E-state index in [1.807, 2.05) is 6.92 Å². The molecular formula is C12H19N3OS2. The molecular weight excluding hydrogens is 266 g/mol. The standard InChI is InChI=1S/C12H19N3OS2/c1-9-14-15-12(18-9)17-8-11(16)13-7-10-5-3-2-4-6-10/h10H,2-8H2,1H3,(H,13,16). The molecule has 1 amide bonds. The second-order valence-electron chi connectivity index (χ2n) is 4.68. The molecule has 0 unspecified atom stereocenters. The minimum atomic E-state index is 0.110. The Morgan fingerprint density at radius 2 is 2.17 bits per heavy atom. The SMILES string of the molecule is Cc1nnc(SCC(=O)NCC2CCCCC2)s1. The number of carbonyl (C=O) groups excluding carboxylic acids is 1. The molecule has 1 fully saturated rings. The first kappa shape index (κ1) is 13.8. The van der Waals surface area contributed by atoms with E-state index in [0.29, 0.717) is 11.7 Å². The Hall–Kier alpha value is -0.620. The molecule has 0 spiro atoms. The predicted molar refractivity (Wildman–Crippen MR) is 75.0 cm³/mol. The summed E-state index contributed by atoms with van der Waals surface area (Å²) in [6, 6.07) is 0. The number of amides is 1. The number of carbonyl (C=O) groups is 1. The smallest absolute Gasteiger partial charge is 0.230 e. The van der Waals surface area contributed by atoms with Gasteiger partial charge in [-0.05, 0) is 25.7 Å². The van der Waals surface area contributed by atoms with Crippen molar-refractivity contribution in [2.45, 2.75) is 43.4 Å². The molecule has 1 N–H and O–H groups in total. The van der Waals surface area contributed by atoms with E-state index in [1.54, 1.807) is 0 Å². The van der Waals surface area contributed by atoms with Crippen molar-refractivity contribution in [1.29, 1.82) is 0 Å². The lowest BCUT2D eigenvalue weighted by Gasteiger charge is -2.21. The van der Waals surface area contributed by atoms with Crippen molar-refractivity contribution in [2.75, 3.05) is 12.3 Å². The van der Waals surface area contributed by atoms with E-state index in [1.165, 1.54) is 55.2 Å². The molecule has 0 bridgehead atoms. The lowest BCUT2D eigenvalue weighted by atomic mass is 9.89. The Morgan fingerprint density at radius 3 is 2.83 bits per heavy atom. The van der Waals surface area contributed by atoms with Gasteiger partial charge in [-0.15, -0.1) is 10.2 Å². The summed E-state index contributed by atoms with van der Waals surface area (Å²) >= 11 is 3.01. The molecule has 2 rings (SSSR count). The van der Waals surface area contributed by atoms with Crippen molar-refractivity contribution in [2.24, 2.45) is 5.92 Å². The van der Waals surface area contributed by atoms with Crippen LogP contribution in [0.5, 0.6) is 0 Å². The molecule has 1 aromatic rings. The van der Waals surface area contributed by atoms with Crippen molar-refractivity contribution in [3.05, 3.63) is 5.01 Å². The highest BCUT2D eigenvalue weighted by molar-refractivity contribution is 8.01. The zero-order valence-corrected chi connectivity index (χ0v) is 12.3. The van der Waals surface area contributed by atoms with Crippen LogP contribution in [0.2, 0.25) is 0 Å². The maximum atomic E-state index is 11.7. The van der Waals surface area contributed by atoms with Crippen molar-refractivity contribution in [1.82, 2.24) is 15.5 Å². The maximum Gasteiger partial charge on any atom is 0.230 e. The fraction of sp³-hybridized carbons (Fsp3) is 0.750. The summed E-state index contributed by atoms with van der Waals surface area (Å²) in [5.74, 6) is 1.25. The van der Waals surface area contributed by atoms with Gasteiger partial charge in [0.15, 0.2) is 4.34 Å². The van der Waals surface area contributed by atoms with Gasteiger partial charge in [-0.1, -0.05) is 42.4 Å². The Kier molecular flexibility index (Phi) is 5.44. The van der Waals surface area contributed by atoms with Crippen molar-refractivity contribution in [3.8, 4) is 0 Å². The second-order valence-corrected chi connectivity index (χ2v) is 7.09. The fourth-order valence-corrected chi connectivity index (χ4v) is 3.81. The largest absolute Gasteiger partial charge is 0.355 e. The van der Waals surface area contributed by atoms with Crippen LogP contribution in [0.4, 0.5) is 0 Å². The molecule has 1 aliphatic rings. The van der Waals surface area contributed by atoms with E-state index in [0.717, 1.165) is 15.9 Å². The van der Waals surface area contributed by atoms with Crippen LogP contribution in [0.15, 0.2) is 4.34 Å². The van der Waals surface area contributed by atoms with Crippen LogP contribution < -0.4 is 5.32 Å². The minimum Gasteiger partial charge on any atom is -0.355 e. The van der Waals surface area contributed by atoms with Crippen LogP contribution in [0.3, 0.4) is 0 Å². The first-order chi connectivity index (χ1) is 8.74. The molecule has 18 heavy (non-hydrogen) atoms. The van der Waals surface area contributed by atoms with Crippen LogP contribution >= 0.6 is 23.1 Å². The molecule has 1 heterocycles. The third kappa shape index (κ3) is 4.57. The number of nitrogens with one attached hydrogen (secondary N) is 1. The molecule has 0 aromatic carbocycles. The van der Waals surface area contributed by atoms with Crippen LogP contribution in [0.25, 0.3) is 0 Å². The van der Waals surface area contributed by atoms with Gasteiger partial charge >= 0.3 is 0 Å². The summed E-state index contributed by atoms with van der Waals surface area (Å²) in [6.07, 6.45) is 6.53. The third-order valence-electron chi connectivity index (χ3n) is 3.15. The Morgan fingerprint density at radius 1 is 1.39 bits per heavy atom. The maximum absolute atomic E-state index is 11.7. The van der Waals surface area contributed by atoms with Crippen LogP contribution in [-0.2, 0) is 4.79 Å². The average molecular weight is 285 g/mol. The van der Waals surface area contributed by atoms with Gasteiger partial charge in [0.2, 0.25) is 5.91 Å². The van der Waals surface area contributed by atoms with Crippen LogP contribution in [-0.4, -0.2) is 28.4 Å². The van der Waals surface area contributed by atoms with Gasteiger partial charge in [0, 0.05) is 6.54 Å². The number of thioether (sulfide) groups is 1. The average Bonchev–Trinajstić information content (AvgIpc) is 2.81. The number of hydrogen-bond acceptors (Lipinski definition) is 5. The summed E-state index contributed by atoms with van der Waals surface area (Å²) in [7, 11) is 0. The van der Waals surface area contributed by atoms with Crippen molar-refractivity contribution in [3.63, 3.8) is 0 Å². The second kappa shape index (κ2) is 7.09. The van der Waals surface area contributed by atoms with Gasteiger partial charge in [0.1, 0.15) is 5.01 Å². The van der Waals surface area contributed by atoms with E-state index in [4.69, 9.17) is 0 Å². The van der Waals surface area contributed by atoms with E-state index in [-0.39, 0.29) is 5.91 Å². The molecule has 0 atom stereocenters. The number of rotatable bonds is 5. The topological polar surface area (TPSA) is 54.9 Å². The minimum absolute atomic E-state index is 0.110. The molecule has 100 valence electrons. The highest BCUT2D eigenvalue weighted by atomic mass is 32.2. The van der Waals surface area contributed by atoms with Gasteiger partial charge < -0.3 is 5.32 Å². The van der Waals surface area contributed by atoms with Gasteiger partial charge in [0.25, 0.3) is 0 Å². The van der Waals surface area contributed by atoms with E-state index >= 15 is 0 Å². The lowest BCUT2D eigenvalue weighted by molar-refractivity contribution is -0.118. The van der Waals surface area contributed by atoms with Gasteiger partial charge in [-0.25, -0.2) is 0 Å². The van der Waals surface area contributed by atoms with Crippen molar-refractivity contribution < 1.29 is 4.79 Å². The Bertz CT molecular complexity index is 388. The highest BCUT2D eigenvalue weighted by Gasteiger charge is 2.14. The lowest BCUT2D eigenvalue weighted by Crippen LogP contribution is -2.31. The number of hydrogen-bond donors (Lipinski definition) is 1. The van der Waals surface area contributed by atoms with Gasteiger partial charge in [-0.3, -0.25) is 4.79 Å². The molecule has 1 aromatic heterocycles. The zero-order chi connectivity index (χ0) is 12.8. The Labute approximate surface area is 116 Å². The van der Waals surface area contributed by atoms with Gasteiger partial charge in [-0.2, -0.15) is 0 Å². The van der Waals surface area contributed by atoms with E-state index < -0.39 is 0 Å². The first-order valence-electron chi connectivity index (χ1n) is 6.43. The number of nitrogens with zero attached hydrogens (tertiary/aromatic N) is 2. The molecule has 1 saturated carbocycles. The number of aromatic nitrogens is 2. The molecule has 1 aliphatic carbocycles. The zero-order valence-electron chi connectivity index (χ0n) is 10.6. The summed E-state index contributed by atoms with van der Waals surface area (Å²) in [6.45, 7) is 2.76. The quantitative estimate of drug-likeness (QED) is 0.845. The molecule has 6 heteroatoms. The molecule has 0 saturated heterocycles. The predicted octanol–water partition coefficient (Wildman–Crippen LogP) is 2.64. The highest BCUT2D eigenvalue weighted by Crippen LogP contribution is 2.23. The molecule has 0 aliphatic heterocycles. The first-order valence-corrected chi connectivity index (χ1v) is 8.24. The monoisotopic (exact) mass is 285 g/mol. The summed E-state index contributed by atoms with van der Waals surface area (Å²) in [4.78, 5) is 11.7. The van der Waals surface area contributed by atoms with Gasteiger partial charge in [0.05, 0.1) is 5.75 Å². The summed E-state index contributed by atoms with van der Waals surface area (Å²) < 4.78 is 0.875. The number of aryl methyl sites for hydroxylation is 1. The molecule has 0 radical (unpaired) electrons. The normalized spacial score (nSPS) is 16.7. The Balaban J connectivity index is 1.62. The molecule has 4 nitrogen and oxygen atoms in total. The van der Waals surface area contributed by atoms with Crippen LogP contribution in [0.1, 0.15) is 37.1 Å². The summed E-state index contributed by atoms with van der Waals surface area (Å²) in [5, 5.41) is 11.9.